The van der Waals surface area contributed by atoms with Crippen LogP contribution in [0.25, 0.3) is 0 Å². The quantitative estimate of drug-likeness (QED) is 0.919. The van der Waals surface area contributed by atoms with E-state index in [1.807, 2.05) is 47.4 Å². The second kappa shape index (κ2) is 4.84. The van der Waals surface area contributed by atoms with Gasteiger partial charge in [0.2, 0.25) is 0 Å². The van der Waals surface area contributed by atoms with Gasteiger partial charge in [0.15, 0.2) is 5.96 Å². The second-order valence-corrected chi connectivity index (χ2v) is 5.51. The summed E-state index contributed by atoms with van der Waals surface area (Å²) < 4.78 is 0. The van der Waals surface area contributed by atoms with Gasteiger partial charge in [-0.15, -0.1) is 0 Å². The van der Waals surface area contributed by atoms with E-state index >= 15 is 0 Å². The number of para-hydroxylation sites is 1. The summed E-state index contributed by atoms with van der Waals surface area (Å²) in [6.07, 6.45) is 0. The Morgan fingerprint density at radius 2 is 1.75 bits per heavy atom. The van der Waals surface area contributed by atoms with Crippen LogP contribution in [0.1, 0.15) is 12.5 Å². The maximum absolute atomic E-state index is 6.33. The maximum Gasteiger partial charge on any atom is 0.196 e. The number of hydrogen-bond acceptors (Lipinski definition) is 3. The van der Waals surface area contributed by atoms with Crippen LogP contribution in [-0.2, 0) is 5.54 Å². The van der Waals surface area contributed by atoms with Crippen LogP contribution in [0.5, 0.6) is 0 Å². The monoisotopic (exact) mass is 285 g/mol. The van der Waals surface area contributed by atoms with Gasteiger partial charge in [-0.2, -0.15) is 0 Å². The van der Waals surface area contributed by atoms with Gasteiger partial charge in [0.1, 0.15) is 0 Å². The molecule has 0 radical (unpaired) electrons. The van der Waals surface area contributed by atoms with Crippen LogP contribution in [0.4, 0.5) is 5.69 Å². The van der Waals surface area contributed by atoms with E-state index in [9.17, 15) is 0 Å². The third-order valence-corrected chi connectivity index (χ3v) is 4.08. The normalized spacial score (nSPS) is 21.9. The Morgan fingerprint density at radius 1 is 1.10 bits per heavy atom. The van der Waals surface area contributed by atoms with Crippen LogP contribution < -0.4 is 10.6 Å². The molecule has 1 atom stereocenters. The lowest BCUT2D eigenvalue weighted by Gasteiger charge is -2.37. The van der Waals surface area contributed by atoms with E-state index < -0.39 is 0 Å². The fourth-order valence-corrected chi connectivity index (χ4v) is 2.89. The zero-order chi connectivity index (χ0) is 14.2. The molecule has 2 aromatic carbocycles. The molecule has 2 N–H and O–H groups in total. The minimum absolute atomic E-state index is 0.309. The number of aliphatic imine (C=N–C) groups is 1. The van der Waals surface area contributed by atoms with Crippen LogP contribution in [0, 0.1) is 0 Å². The Kier molecular flexibility index (Phi) is 3.14. The highest BCUT2D eigenvalue weighted by atomic mass is 35.5. The zero-order valence-corrected chi connectivity index (χ0v) is 12.0. The molecule has 102 valence electrons. The van der Waals surface area contributed by atoms with Crippen molar-refractivity contribution >= 4 is 23.2 Å². The lowest BCUT2D eigenvalue weighted by Crippen LogP contribution is -2.47. The number of halogens is 1. The molecule has 0 fully saturated rings. The Labute approximate surface area is 123 Å². The molecular formula is C16H16ClN3. The highest BCUT2D eigenvalue weighted by molar-refractivity contribution is 6.34. The van der Waals surface area contributed by atoms with Crippen molar-refractivity contribution in [2.75, 3.05) is 11.4 Å². The number of nitrogens with zero attached hydrogens (tertiary/aromatic N) is 2. The summed E-state index contributed by atoms with van der Waals surface area (Å²) in [7, 11) is 0. The fraction of sp³-hybridized carbons (Fsp3) is 0.188. The predicted octanol–water partition coefficient (Wildman–Crippen LogP) is 3.39. The first-order valence-electron chi connectivity index (χ1n) is 6.53. The minimum Gasteiger partial charge on any atom is -0.369 e. The van der Waals surface area contributed by atoms with Gasteiger partial charge in [-0.1, -0.05) is 54.1 Å². The second-order valence-electron chi connectivity index (χ2n) is 5.10. The molecule has 2 aromatic rings. The van der Waals surface area contributed by atoms with Crippen LogP contribution in [0.15, 0.2) is 59.6 Å². The van der Waals surface area contributed by atoms with Crippen molar-refractivity contribution in [3.63, 3.8) is 0 Å². The number of rotatable bonds is 2. The largest absolute Gasteiger partial charge is 0.369 e. The average molecular weight is 286 g/mol. The van der Waals surface area contributed by atoms with E-state index in [-0.39, 0.29) is 5.54 Å². The first kappa shape index (κ1) is 13.0. The molecule has 0 saturated carbocycles. The van der Waals surface area contributed by atoms with Gasteiger partial charge in [0.05, 0.1) is 22.8 Å². The maximum atomic E-state index is 6.33. The third-order valence-electron chi connectivity index (χ3n) is 3.76. The van der Waals surface area contributed by atoms with E-state index in [4.69, 9.17) is 17.3 Å². The minimum atomic E-state index is -0.309. The topological polar surface area (TPSA) is 41.6 Å². The summed E-state index contributed by atoms with van der Waals surface area (Å²) in [5.41, 5.74) is 7.86. The number of guanidine groups is 1. The fourth-order valence-electron chi connectivity index (χ4n) is 2.67. The summed E-state index contributed by atoms with van der Waals surface area (Å²) in [6.45, 7) is 2.75. The highest BCUT2D eigenvalue weighted by Gasteiger charge is 2.41. The van der Waals surface area contributed by atoms with Crippen molar-refractivity contribution < 1.29 is 0 Å². The molecule has 3 nitrogen and oxygen atoms in total. The van der Waals surface area contributed by atoms with Gasteiger partial charge in [-0.05, 0) is 24.6 Å². The molecule has 1 heterocycles. The number of nitrogens with two attached hydrogens (primary N) is 1. The molecule has 0 bridgehead atoms. The van der Waals surface area contributed by atoms with E-state index in [0.29, 0.717) is 17.5 Å². The number of hydrogen-bond donors (Lipinski definition) is 1. The van der Waals surface area contributed by atoms with Crippen LogP contribution in [0.2, 0.25) is 5.02 Å². The van der Waals surface area contributed by atoms with Crippen molar-refractivity contribution in [2.24, 2.45) is 10.7 Å². The van der Waals surface area contributed by atoms with Crippen LogP contribution >= 0.6 is 11.6 Å². The van der Waals surface area contributed by atoms with Gasteiger partial charge in [0.25, 0.3) is 0 Å². The van der Waals surface area contributed by atoms with Crippen LogP contribution in [-0.4, -0.2) is 12.5 Å². The molecule has 1 aliphatic rings. The van der Waals surface area contributed by atoms with E-state index in [1.165, 1.54) is 5.56 Å². The molecular weight excluding hydrogens is 270 g/mol. The Balaban J connectivity index is 2.12. The summed E-state index contributed by atoms with van der Waals surface area (Å²) >= 11 is 6.33. The molecule has 0 aromatic heterocycles. The van der Waals surface area contributed by atoms with Crippen molar-refractivity contribution in [1.82, 2.24) is 0 Å². The molecule has 1 aliphatic heterocycles. The molecule has 1 unspecified atom stereocenters. The van der Waals surface area contributed by atoms with E-state index in [1.54, 1.807) is 0 Å². The van der Waals surface area contributed by atoms with E-state index in [2.05, 4.69) is 24.0 Å². The predicted molar refractivity (Wildman–Crippen MR) is 84.2 cm³/mol. The zero-order valence-electron chi connectivity index (χ0n) is 11.3. The van der Waals surface area contributed by atoms with Gasteiger partial charge < -0.3 is 5.73 Å². The van der Waals surface area contributed by atoms with Crippen molar-refractivity contribution in [3.05, 3.63) is 65.2 Å². The summed E-state index contributed by atoms with van der Waals surface area (Å²) in [4.78, 5) is 6.44. The molecule has 4 heteroatoms. The molecule has 20 heavy (non-hydrogen) atoms. The van der Waals surface area contributed by atoms with Gasteiger partial charge in [-0.3, -0.25) is 9.89 Å². The van der Waals surface area contributed by atoms with Gasteiger partial charge in [-0.25, -0.2) is 0 Å². The molecule has 3 rings (SSSR count). The van der Waals surface area contributed by atoms with Crippen molar-refractivity contribution in [1.29, 1.82) is 0 Å². The number of anilines is 1. The smallest absolute Gasteiger partial charge is 0.196 e. The first-order chi connectivity index (χ1) is 9.63. The summed E-state index contributed by atoms with van der Waals surface area (Å²) in [5, 5.41) is 0.676. The number of benzene rings is 2. The molecule has 0 saturated heterocycles. The SMILES string of the molecule is CC1(c2ccccc2)CN=C(N)N1c1ccccc1Cl. The van der Waals surface area contributed by atoms with Gasteiger partial charge in [0, 0.05) is 0 Å². The van der Waals surface area contributed by atoms with Crippen LogP contribution in [0.3, 0.4) is 0 Å². The Morgan fingerprint density at radius 3 is 2.45 bits per heavy atom. The first-order valence-corrected chi connectivity index (χ1v) is 6.91. The molecule has 0 aliphatic carbocycles. The Hall–Kier alpha value is -2.00. The summed E-state index contributed by atoms with van der Waals surface area (Å²) in [6, 6.07) is 18.0. The highest BCUT2D eigenvalue weighted by Crippen LogP contribution is 2.39. The van der Waals surface area contributed by atoms with Crippen molar-refractivity contribution in [3.8, 4) is 0 Å². The Bertz CT molecular complexity index is 654. The van der Waals surface area contributed by atoms with E-state index in [0.717, 1.165) is 5.69 Å². The lowest BCUT2D eigenvalue weighted by atomic mass is 9.90. The lowest BCUT2D eigenvalue weighted by molar-refractivity contribution is 0.533. The standard InChI is InChI=1S/C16H16ClN3/c1-16(12-7-3-2-4-8-12)11-19-15(18)20(16)14-10-6-5-9-13(14)17/h2-10H,11H2,1H3,(H2,18,19). The third kappa shape index (κ3) is 1.95. The molecule has 0 spiro atoms. The summed E-state index contributed by atoms with van der Waals surface area (Å²) in [5.74, 6) is 0.504. The van der Waals surface area contributed by atoms with Crippen molar-refractivity contribution in [2.45, 2.75) is 12.5 Å². The average Bonchev–Trinajstić information content (AvgIpc) is 2.78. The van der Waals surface area contributed by atoms with Gasteiger partial charge >= 0.3 is 0 Å². The molecule has 0 amide bonds.